The Hall–Kier alpha value is -1.28. The van der Waals surface area contributed by atoms with Crippen molar-refractivity contribution in [1.82, 2.24) is 4.57 Å². The Morgan fingerprint density at radius 1 is 1.35 bits per heavy atom. The fourth-order valence-electron chi connectivity index (χ4n) is 3.30. The minimum atomic E-state index is 0.547. The Bertz CT molecular complexity index is 564. The molecule has 17 heavy (non-hydrogen) atoms. The van der Waals surface area contributed by atoms with Crippen LogP contribution in [0.5, 0.6) is 0 Å². The van der Waals surface area contributed by atoms with Gasteiger partial charge in [-0.25, -0.2) is 0 Å². The van der Waals surface area contributed by atoms with Crippen LogP contribution in [0.1, 0.15) is 43.0 Å². The lowest BCUT2D eigenvalue weighted by molar-refractivity contribution is 0.606. The maximum atomic E-state index is 5.98. The molecular formula is C15H20N2. The van der Waals surface area contributed by atoms with Crippen molar-refractivity contribution in [2.75, 3.05) is 0 Å². The van der Waals surface area contributed by atoms with E-state index >= 15 is 0 Å². The third-order valence-electron chi connectivity index (χ3n) is 3.91. The Morgan fingerprint density at radius 3 is 2.88 bits per heavy atom. The predicted octanol–water partition coefficient (Wildman–Crippen LogP) is 3.17. The summed E-state index contributed by atoms with van der Waals surface area (Å²) < 4.78 is 2.46. The van der Waals surface area contributed by atoms with Gasteiger partial charge in [0.05, 0.1) is 5.52 Å². The molecule has 0 aliphatic carbocycles. The van der Waals surface area contributed by atoms with Crippen LogP contribution < -0.4 is 5.73 Å². The number of aromatic nitrogens is 1. The average Bonchev–Trinajstić information content (AvgIpc) is 2.66. The predicted molar refractivity (Wildman–Crippen MR) is 72.2 cm³/mol. The zero-order valence-corrected chi connectivity index (χ0v) is 10.7. The van der Waals surface area contributed by atoms with E-state index in [4.69, 9.17) is 5.73 Å². The number of nitrogens with two attached hydrogens (primary N) is 1. The summed E-state index contributed by atoms with van der Waals surface area (Å²) in [6.45, 7) is 6.32. The first-order valence-electron chi connectivity index (χ1n) is 6.57. The molecule has 2 heterocycles. The summed E-state index contributed by atoms with van der Waals surface area (Å²) in [7, 11) is 0. The summed E-state index contributed by atoms with van der Waals surface area (Å²) in [4.78, 5) is 0. The number of nitrogens with zero attached hydrogens (tertiary/aromatic N) is 1. The van der Waals surface area contributed by atoms with Crippen molar-refractivity contribution in [3.05, 3.63) is 35.0 Å². The molecule has 2 nitrogen and oxygen atoms in total. The fraction of sp³-hybridized carbons (Fsp3) is 0.467. The highest BCUT2D eigenvalue weighted by Crippen LogP contribution is 2.36. The van der Waals surface area contributed by atoms with Crippen LogP contribution in [0.15, 0.2) is 18.2 Å². The number of hydrogen-bond donors (Lipinski definition) is 1. The molecule has 0 amide bonds. The average molecular weight is 228 g/mol. The van der Waals surface area contributed by atoms with Crippen LogP contribution in [0.25, 0.3) is 10.9 Å². The number of benzene rings is 1. The largest absolute Gasteiger partial charge is 0.343 e. The van der Waals surface area contributed by atoms with Crippen molar-refractivity contribution in [2.24, 2.45) is 5.73 Å². The zero-order chi connectivity index (χ0) is 12.0. The molecule has 0 atom stereocenters. The summed E-state index contributed by atoms with van der Waals surface area (Å²) in [6, 6.07) is 6.72. The summed E-state index contributed by atoms with van der Waals surface area (Å²) in [6.07, 6.45) is 2.45. The van der Waals surface area contributed by atoms with E-state index in [0.29, 0.717) is 12.5 Å². The molecule has 1 aromatic heterocycles. The van der Waals surface area contributed by atoms with Gasteiger partial charge in [-0.1, -0.05) is 32.0 Å². The van der Waals surface area contributed by atoms with E-state index in [9.17, 15) is 0 Å². The van der Waals surface area contributed by atoms with Gasteiger partial charge < -0.3 is 10.3 Å². The van der Waals surface area contributed by atoms with Crippen LogP contribution in [-0.2, 0) is 19.5 Å². The second-order valence-corrected chi connectivity index (χ2v) is 5.29. The van der Waals surface area contributed by atoms with E-state index in [2.05, 4.69) is 36.6 Å². The van der Waals surface area contributed by atoms with Gasteiger partial charge in [-0.3, -0.25) is 0 Å². The van der Waals surface area contributed by atoms with Gasteiger partial charge >= 0.3 is 0 Å². The Kier molecular flexibility index (Phi) is 2.48. The number of aryl methyl sites for hydroxylation is 2. The first-order chi connectivity index (χ1) is 8.24. The van der Waals surface area contributed by atoms with Crippen LogP contribution >= 0.6 is 0 Å². The van der Waals surface area contributed by atoms with Gasteiger partial charge in [-0.05, 0) is 29.9 Å². The molecule has 90 valence electrons. The molecule has 0 radical (unpaired) electrons. The van der Waals surface area contributed by atoms with Gasteiger partial charge in [0.2, 0.25) is 0 Å². The minimum Gasteiger partial charge on any atom is -0.343 e. The molecule has 1 aliphatic heterocycles. The van der Waals surface area contributed by atoms with Gasteiger partial charge in [-0.2, -0.15) is 0 Å². The van der Waals surface area contributed by atoms with Crippen LogP contribution in [0, 0.1) is 0 Å². The fourth-order valence-corrected chi connectivity index (χ4v) is 3.30. The number of para-hydroxylation sites is 1. The first-order valence-corrected chi connectivity index (χ1v) is 6.57. The Morgan fingerprint density at radius 2 is 2.18 bits per heavy atom. The van der Waals surface area contributed by atoms with Gasteiger partial charge in [0, 0.05) is 24.2 Å². The molecule has 0 spiro atoms. The minimum absolute atomic E-state index is 0.547. The van der Waals surface area contributed by atoms with Gasteiger partial charge in [-0.15, -0.1) is 0 Å². The molecule has 2 N–H and O–H groups in total. The maximum absolute atomic E-state index is 5.98. The molecule has 1 aliphatic rings. The van der Waals surface area contributed by atoms with Crippen LogP contribution in [0.2, 0.25) is 0 Å². The normalized spacial score (nSPS) is 14.8. The van der Waals surface area contributed by atoms with E-state index in [1.807, 2.05) is 0 Å². The van der Waals surface area contributed by atoms with Crippen LogP contribution in [0.4, 0.5) is 0 Å². The van der Waals surface area contributed by atoms with E-state index in [-0.39, 0.29) is 0 Å². The third kappa shape index (κ3) is 1.44. The molecule has 0 saturated carbocycles. The van der Waals surface area contributed by atoms with E-state index in [1.165, 1.54) is 40.6 Å². The van der Waals surface area contributed by atoms with Gasteiger partial charge in [0.15, 0.2) is 0 Å². The quantitative estimate of drug-likeness (QED) is 0.841. The molecule has 0 saturated heterocycles. The van der Waals surface area contributed by atoms with Crippen molar-refractivity contribution < 1.29 is 0 Å². The Balaban J connectivity index is 2.44. The van der Waals surface area contributed by atoms with Crippen molar-refractivity contribution in [3.8, 4) is 0 Å². The van der Waals surface area contributed by atoms with Gasteiger partial charge in [0.25, 0.3) is 0 Å². The van der Waals surface area contributed by atoms with E-state index in [1.54, 1.807) is 0 Å². The zero-order valence-electron chi connectivity index (χ0n) is 10.7. The highest BCUT2D eigenvalue weighted by atomic mass is 15.0. The summed E-state index contributed by atoms with van der Waals surface area (Å²) in [5, 5.41) is 1.43. The standard InChI is InChI=1S/C15H20N2/c1-10(2)14-12-7-3-5-11-6-4-8-17(15(11)12)13(14)9-16/h3,5,7,10H,4,6,8-9,16H2,1-2H3. The second kappa shape index (κ2) is 3.88. The lowest BCUT2D eigenvalue weighted by atomic mass is 9.97. The maximum Gasteiger partial charge on any atom is 0.0518 e. The summed E-state index contributed by atoms with van der Waals surface area (Å²) >= 11 is 0. The lowest BCUT2D eigenvalue weighted by Gasteiger charge is -2.17. The number of hydrogen-bond acceptors (Lipinski definition) is 1. The van der Waals surface area contributed by atoms with E-state index in [0.717, 1.165) is 6.54 Å². The number of rotatable bonds is 2. The van der Waals surface area contributed by atoms with Crippen molar-refractivity contribution in [3.63, 3.8) is 0 Å². The van der Waals surface area contributed by atoms with Crippen LogP contribution in [-0.4, -0.2) is 4.57 Å². The molecule has 0 unspecified atom stereocenters. The highest BCUT2D eigenvalue weighted by molar-refractivity contribution is 5.89. The second-order valence-electron chi connectivity index (χ2n) is 5.29. The first kappa shape index (κ1) is 10.8. The highest BCUT2D eigenvalue weighted by Gasteiger charge is 2.22. The van der Waals surface area contributed by atoms with Gasteiger partial charge in [0.1, 0.15) is 0 Å². The smallest absolute Gasteiger partial charge is 0.0518 e. The SMILES string of the molecule is CC(C)c1c(CN)n2c3c(cccc13)CCC2. The molecule has 3 rings (SSSR count). The van der Waals surface area contributed by atoms with Crippen molar-refractivity contribution in [1.29, 1.82) is 0 Å². The third-order valence-corrected chi connectivity index (χ3v) is 3.91. The monoisotopic (exact) mass is 228 g/mol. The summed E-state index contributed by atoms with van der Waals surface area (Å²) in [5.41, 5.74) is 11.7. The molecule has 1 aromatic carbocycles. The van der Waals surface area contributed by atoms with Crippen molar-refractivity contribution >= 4 is 10.9 Å². The topological polar surface area (TPSA) is 30.9 Å². The molecule has 2 aromatic rings. The molecule has 0 bridgehead atoms. The molecular weight excluding hydrogens is 208 g/mol. The summed E-state index contributed by atoms with van der Waals surface area (Å²) in [5.74, 6) is 0.547. The molecule has 0 fully saturated rings. The lowest BCUT2D eigenvalue weighted by Crippen LogP contribution is -2.13. The molecule has 2 heteroatoms. The Labute approximate surface area is 102 Å². The van der Waals surface area contributed by atoms with Crippen LogP contribution in [0.3, 0.4) is 0 Å². The van der Waals surface area contributed by atoms with Crippen molar-refractivity contribution in [2.45, 2.75) is 45.7 Å². The van der Waals surface area contributed by atoms with E-state index < -0.39 is 0 Å².